The normalized spacial score (nSPS) is 11.9. The summed E-state index contributed by atoms with van der Waals surface area (Å²) in [6.45, 7) is 4.64. The van der Waals surface area contributed by atoms with E-state index in [0.717, 1.165) is 0 Å². The van der Waals surface area contributed by atoms with Gasteiger partial charge < -0.3 is 4.57 Å². The molecule has 19 heavy (non-hydrogen) atoms. The minimum Gasteiger partial charge on any atom is -0.334 e. The minimum atomic E-state index is -3.57. The van der Waals surface area contributed by atoms with Crippen molar-refractivity contribution >= 4 is 10.0 Å². The van der Waals surface area contributed by atoms with Gasteiger partial charge in [0.05, 0.1) is 0 Å². The molecular formula is C10H16N6O2S. The highest BCUT2D eigenvalue weighted by Gasteiger charge is 2.18. The van der Waals surface area contributed by atoms with Crippen molar-refractivity contribution in [1.29, 1.82) is 0 Å². The average Bonchev–Trinajstić information content (AvgIpc) is 2.98. The smallest absolute Gasteiger partial charge is 0.259 e. The lowest BCUT2D eigenvalue weighted by atomic mass is 10.4. The number of nitrogens with one attached hydrogen (secondary N) is 2. The molecule has 0 aliphatic heterocycles. The molecule has 9 heteroatoms. The number of aryl methyl sites for hydroxylation is 2. The van der Waals surface area contributed by atoms with Crippen LogP contribution in [-0.2, 0) is 23.0 Å². The molecule has 0 amide bonds. The predicted octanol–water partition coefficient (Wildman–Crippen LogP) is -0.149. The number of aromatic amines is 1. The third kappa shape index (κ3) is 3.18. The summed E-state index contributed by atoms with van der Waals surface area (Å²) in [6.07, 6.45) is 3.37. The van der Waals surface area contributed by atoms with Crippen LogP contribution in [0.1, 0.15) is 18.6 Å². The number of imidazole rings is 1. The molecule has 0 fully saturated rings. The van der Waals surface area contributed by atoms with E-state index in [4.69, 9.17) is 0 Å². The Hall–Kier alpha value is -1.74. The summed E-state index contributed by atoms with van der Waals surface area (Å²) in [5.74, 6) is 1.32. The van der Waals surface area contributed by atoms with E-state index in [1.54, 1.807) is 11.5 Å². The van der Waals surface area contributed by atoms with Gasteiger partial charge >= 0.3 is 0 Å². The van der Waals surface area contributed by atoms with Crippen LogP contribution in [0.3, 0.4) is 0 Å². The zero-order valence-corrected chi connectivity index (χ0v) is 11.6. The molecule has 0 atom stereocenters. The van der Waals surface area contributed by atoms with Crippen molar-refractivity contribution < 1.29 is 8.42 Å². The Morgan fingerprint density at radius 3 is 2.84 bits per heavy atom. The summed E-state index contributed by atoms with van der Waals surface area (Å²) in [6, 6.07) is 0. The van der Waals surface area contributed by atoms with Crippen molar-refractivity contribution in [3.8, 4) is 0 Å². The van der Waals surface area contributed by atoms with Gasteiger partial charge in [0.25, 0.3) is 10.0 Å². The van der Waals surface area contributed by atoms with Crippen LogP contribution in [0.5, 0.6) is 0 Å². The number of aromatic nitrogens is 5. The second-order valence-electron chi connectivity index (χ2n) is 3.99. The van der Waals surface area contributed by atoms with Crippen molar-refractivity contribution in [2.45, 2.75) is 31.8 Å². The Kier molecular flexibility index (Phi) is 3.96. The molecule has 0 saturated carbocycles. The molecule has 0 aromatic carbocycles. The van der Waals surface area contributed by atoms with Crippen molar-refractivity contribution in [2.75, 3.05) is 6.54 Å². The molecule has 2 aromatic rings. The highest BCUT2D eigenvalue weighted by atomic mass is 32.2. The first-order valence-electron chi connectivity index (χ1n) is 5.90. The quantitative estimate of drug-likeness (QED) is 0.767. The number of hydrogen-bond donors (Lipinski definition) is 2. The Labute approximate surface area is 111 Å². The second-order valence-corrected chi connectivity index (χ2v) is 5.71. The molecule has 0 spiro atoms. The number of hydrogen-bond acceptors (Lipinski definition) is 5. The van der Waals surface area contributed by atoms with Crippen LogP contribution in [0.4, 0.5) is 0 Å². The van der Waals surface area contributed by atoms with Crippen LogP contribution >= 0.6 is 0 Å². The van der Waals surface area contributed by atoms with E-state index in [9.17, 15) is 8.42 Å². The predicted molar refractivity (Wildman–Crippen MR) is 67.9 cm³/mol. The first-order chi connectivity index (χ1) is 9.03. The van der Waals surface area contributed by atoms with E-state index in [2.05, 4.69) is 24.9 Å². The molecule has 2 aromatic heterocycles. The largest absolute Gasteiger partial charge is 0.334 e. The van der Waals surface area contributed by atoms with Crippen molar-refractivity contribution in [3.63, 3.8) is 0 Å². The number of H-pyrrole nitrogens is 1. The van der Waals surface area contributed by atoms with E-state index in [1.165, 1.54) is 12.5 Å². The lowest BCUT2D eigenvalue weighted by Crippen LogP contribution is -2.26. The van der Waals surface area contributed by atoms with Gasteiger partial charge in [-0.2, -0.15) is 5.10 Å². The van der Waals surface area contributed by atoms with Crippen LogP contribution < -0.4 is 4.72 Å². The van der Waals surface area contributed by atoms with E-state index in [1.807, 2.05) is 6.92 Å². The topological polar surface area (TPSA) is 106 Å². The monoisotopic (exact) mass is 284 g/mol. The second kappa shape index (κ2) is 5.49. The maximum Gasteiger partial charge on any atom is 0.259 e. The molecule has 0 aliphatic rings. The van der Waals surface area contributed by atoms with Gasteiger partial charge in [0, 0.05) is 25.7 Å². The van der Waals surface area contributed by atoms with Gasteiger partial charge in [0.15, 0.2) is 5.03 Å². The molecule has 0 bridgehead atoms. The lowest BCUT2D eigenvalue weighted by molar-refractivity contribution is 0.577. The summed E-state index contributed by atoms with van der Waals surface area (Å²) >= 11 is 0. The average molecular weight is 284 g/mol. The van der Waals surface area contributed by atoms with Gasteiger partial charge in [-0.1, -0.05) is 0 Å². The Balaban J connectivity index is 2.01. The first-order valence-corrected chi connectivity index (χ1v) is 7.39. The molecule has 0 aliphatic carbocycles. The number of rotatable bonds is 6. The lowest BCUT2D eigenvalue weighted by Gasteiger charge is -2.02. The summed E-state index contributed by atoms with van der Waals surface area (Å²) in [5.41, 5.74) is 0. The molecule has 0 unspecified atom stereocenters. The van der Waals surface area contributed by atoms with Crippen LogP contribution in [0.25, 0.3) is 0 Å². The van der Waals surface area contributed by atoms with Crippen LogP contribution in [-0.4, -0.2) is 39.7 Å². The Morgan fingerprint density at radius 1 is 1.47 bits per heavy atom. The fourth-order valence-corrected chi connectivity index (χ4v) is 2.69. The highest BCUT2D eigenvalue weighted by molar-refractivity contribution is 7.89. The molecule has 0 saturated heterocycles. The minimum absolute atomic E-state index is 0.0458. The SMILES string of the molecule is CCn1cc(S(=O)(=O)NCCc2ncn[nH]2)nc1C. The maximum absolute atomic E-state index is 12.0. The molecule has 104 valence electrons. The van der Waals surface area contributed by atoms with Gasteiger partial charge in [-0.05, 0) is 13.8 Å². The fraction of sp³-hybridized carbons (Fsp3) is 0.500. The third-order valence-electron chi connectivity index (χ3n) is 2.69. The van der Waals surface area contributed by atoms with E-state index >= 15 is 0 Å². The molecular weight excluding hydrogens is 268 g/mol. The summed E-state index contributed by atoms with van der Waals surface area (Å²) < 4.78 is 28.3. The first kappa shape index (κ1) is 13.7. The third-order valence-corrected chi connectivity index (χ3v) is 4.02. The maximum atomic E-state index is 12.0. The van der Waals surface area contributed by atoms with Crippen LogP contribution in [0, 0.1) is 6.92 Å². The fourth-order valence-electron chi connectivity index (χ4n) is 1.66. The van der Waals surface area contributed by atoms with E-state index in [0.29, 0.717) is 24.6 Å². The Bertz CT molecular complexity index is 631. The molecule has 0 radical (unpaired) electrons. The number of nitrogens with zero attached hydrogens (tertiary/aromatic N) is 4. The molecule has 8 nitrogen and oxygen atoms in total. The summed E-state index contributed by atoms with van der Waals surface area (Å²) in [4.78, 5) is 7.96. The highest BCUT2D eigenvalue weighted by Crippen LogP contribution is 2.08. The van der Waals surface area contributed by atoms with E-state index in [-0.39, 0.29) is 11.6 Å². The van der Waals surface area contributed by atoms with E-state index < -0.39 is 10.0 Å². The van der Waals surface area contributed by atoms with Gasteiger partial charge in [-0.25, -0.2) is 23.1 Å². The van der Waals surface area contributed by atoms with Crippen LogP contribution in [0.15, 0.2) is 17.6 Å². The van der Waals surface area contributed by atoms with Gasteiger partial charge in [-0.15, -0.1) is 0 Å². The van der Waals surface area contributed by atoms with Crippen molar-refractivity contribution in [3.05, 3.63) is 24.2 Å². The zero-order valence-electron chi connectivity index (χ0n) is 10.8. The van der Waals surface area contributed by atoms with Crippen molar-refractivity contribution in [1.82, 2.24) is 29.5 Å². The van der Waals surface area contributed by atoms with Crippen LogP contribution in [0.2, 0.25) is 0 Å². The summed E-state index contributed by atoms with van der Waals surface area (Å²) in [7, 11) is -3.57. The molecule has 2 rings (SSSR count). The number of sulfonamides is 1. The Morgan fingerprint density at radius 2 is 2.26 bits per heavy atom. The molecule has 2 N–H and O–H groups in total. The zero-order chi connectivity index (χ0) is 13.9. The van der Waals surface area contributed by atoms with Gasteiger partial charge in [0.2, 0.25) is 0 Å². The van der Waals surface area contributed by atoms with Gasteiger partial charge in [0.1, 0.15) is 18.0 Å². The van der Waals surface area contributed by atoms with Gasteiger partial charge in [-0.3, -0.25) is 5.10 Å². The summed E-state index contributed by atoms with van der Waals surface area (Å²) in [5, 5.41) is 6.41. The molecule has 2 heterocycles. The van der Waals surface area contributed by atoms with Crippen molar-refractivity contribution in [2.24, 2.45) is 0 Å². The standard InChI is InChI=1S/C10H16N6O2S/c1-3-16-6-10(14-8(16)2)19(17,18)13-5-4-9-11-7-12-15-9/h6-7,13H,3-5H2,1-2H3,(H,11,12,15).